The standard InChI is InChI=1S/C21H34O8/c1-14-2-3-16(8-22-14)9-24-18-12-27-21(28-13-18)25-10-17(11-26-21)23-7-15-4-5-19-20(6-15)29-19/h14-20H,2-13H2,1H3. The fourth-order valence-electron chi connectivity index (χ4n) is 4.57. The van der Waals surface area contributed by atoms with Crippen LogP contribution in [0.5, 0.6) is 0 Å². The highest BCUT2D eigenvalue weighted by molar-refractivity contribution is 4.91. The summed E-state index contributed by atoms with van der Waals surface area (Å²) in [7, 11) is 0. The van der Waals surface area contributed by atoms with Crippen molar-refractivity contribution in [1.29, 1.82) is 0 Å². The molecule has 4 saturated heterocycles. The lowest BCUT2D eigenvalue weighted by Gasteiger charge is -2.42. The van der Waals surface area contributed by atoms with E-state index >= 15 is 0 Å². The van der Waals surface area contributed by atoms with Gasteiger partial charge in [-0.25, -0.2) is 0 Å². The van der Waals surface area contributed by atoms with E-state index in [4.69, 9.17) is 37.9 Å². The molecule has 0 aromatic rings. The minimum Gasteiger partial charge on any atom is -0.378 e. The van der Waals surface area contributed by atoms with Crippen LogP contribution in [-0.4, -0.2) is 82.9 Å². The van der Waals surface area contributed by atoms with Gasteiger partial charge in [0, 0.05) is 5.92 Å². The number of fused-ring (bicyclic) bond motifs is 1. The average molecular weight is 414 g/mol. The summed E-state index contributed by atoms with van der Waals surface area (Å²) in [6, 6.07) is 0. The lowest BCUT2D eigenvalue weighted by atomic mass is 9.90. The Hall–Kier alpha value is -0.320. The lowest BCUT2D eigenvalue weighted by Crippen LogP contribution is -2.56. The summed E-state index contributed by atoms with van der Waals surface area (Å²) in [5, 5.41) is 0. The molecule has 8 heteroatoms. The third-order valence-corrected chi connectivity index (χ3v) is 6.63. The molecule has 1 saturated carbocycles. The molecule has 0 aromatic carbocycles. The van der Waals surface area contributed by atoms with Crippen LogP contribution >= 0.6 is 0 Å². The summed E-state index contributed by atoms with van der Waals surface area (Å²) in [5.41, 5.74) is 0. The van der Waals surface area contributed by atoms with Gasteiger partial charge in [-0.1, -0.05) is 0 Å². The SMILES string of the molecule is CC1CCC(COC2COC3(OC2)OCC(OCC2CCC4OC4C2)CO3)CO1. The van der Waals surface area contributed by atoms with Crippen LogP contribution < -0.4 is 0 Å². The van der Waals surface area contributed by atoms with Crippen LogP contribution in [0.25, 0.3) is 0 Å². The average Bonchev–Trinajstić information content (AvgIpc) is 3.53. The first-order valence-corrected chi connectivity index (χ1v) is 11.2. The third kappa shape index (κ3) is 5.30. The van der Waals surface area contributed by atoms with Crippen molar-refractivity contribution in [2.45, 2.75) is 75.7 Å². The van der Waals surface area contributed by atoms with E-state index in [0.29, 0.717) is 63.2 Å². The van der Waals surface area contributed by atoms with Crippen LogP contribution in [-0.2, 0) is 37.9 Å². The molecule has 0 N–H and O–H groups in total. The van der Waals surface area contributed by atoms with Gasteiger partial charge in [0.1, 0.15) is 12.2 Å². The molecule has 0 amide bonds. The Kier molecular flexibility index (Phi) is 6.42. The third-order valence-electron chi connectivity index (χ3n) is 6.63. The van der Waals surface area contributed by atoms with Crippen LogP contribution in [0.4, 0.5) is 0 Å². The van der Waals surface area contributed by atoms with Gasteiger partial charge < -0.3 is 37.9 Å². The van der Waals surface area contributed by atoms with Crippen molar-refractivity contribution in [2.24, 2.45) is 11.8 Å². The summed E-state index contributed by atoms with van der Waals surface area (Å²) >= 11 is 0. The molecule has 5 atom stereocenters. The molecule has 5 rings (SSSR count). The van der Waals surface area contributed by atoms with E-state index < -0.39 is 6.16 Å². The minimum atomic E-state index is -1.40. The van der Waals surface area contributed by atoms with Gasteiger partial charge in [0.25, 0.3) is 0 Å². The van der Waals surface area contributed by atoms with Crippen LogP contribution in [0.3, 0.4) is 0 Å². The van der Waals surface area contributed by atoms with E-state index in [1.54, 1.807) is 0 Å². The van der Waals surface area contributed by atoms with Gasteiger partial charge in [-0.3, -0.25) is 0 Å². The summed E-state index contributed by atoms with van der Waals surface area (Å²) in [6.07, 6.45) is 5.46. The van der Waals surface area contributed by atoms with Crippen molar-refractivity contribution in [3.8, 4) is 0 Å². The van der Waals surface area contributed by atoms with Gasteiger partial charge in [0.15, 0.2) is 0 Å². The summed E-state index contributed by atoms with van der Waals surface area (Å²) in [6.45, 7) is 5.87. The Morgan fingerprint density at radius 3 is 1.93 bits per heavy atom. The van der Waals surface area contributed by atoms with Gasteiger partial charge in [-0.2, -0.15) is 0 Å². The zero-order valence-electron chi connectivity index (χ0n) is 17.3. The molecule has 4 aliphatic heterocycles. The van der Waals surface area contributed by atoms with Crippen LogP contribution in [0.1, 0.15) is 39.0 Å². The number of hydrogen-bond acceptors (Lipinski definition) is 8. The molecule has 0 radical (unpaired) electrons. The van der Waals surface area contributed by atoms with Gasteiger partial charge in [0.05, 0.1) is 64.6 Å². The number of ether oxygens (including phenoxy) is 8. The largest absolute Gasteiger partial charge is 0.413 e. The number of rotatable bonds is 6. The molecular formula is C21H34O8. The predicted octanol–water partition coefficient (Wildman–Crippen LogP) is 1.84. The molecule has 5 fully saturated rings. The van der Waals surface area contributed by atoms with E-state index in [2.05, 4.69) is 6.92 Å². The first-order chi connectivity index (χ1) is 14.2. The molecule has 29 heavy (non-hydrogen) atoms. The van der Waals surface area contributed by atoms with Crippen LogP contribution in [0.15, 0.2) is 0 Å². The molecule has 4 heterocycles. The zero-order chi connectivity index (χ0) is 19.7. The second-order valence-corrected chi connectivity index (χ2v) is 9.13. The molecular weight excluding hydrogens is 380 g/mol. The van der Waals surface area contributed by atoms with Crippen LogP contribution in [0, 0.1) is 11.8 Å². The predicted molar refractivity (Wildman–Crippen MR) is 100 cm³/mol. The fourth-order valence-corrected chi connectivity index (χ4v) is 4.57. The minimum absolute atomic E-state index is 0.0895. The van der Waals surface area contributed by atoms with Crippen molar-refractivity contribution in [3.63, 3.8) is 0 Å². The van der Waals surface area contributed by atoms with E-state index in [9.17, 15) is 0 Å². The maximum absolute atomic E-state index is 6.00. The van der Waals surface area contributed by atoms with Gasteiger partial charge in [0.2, 0.25) is 0 Å². The Balaban J connectivity index is 0.970. The smallest absolute Gasteiger partial charge is 0.378 e. The molecule has 1 spiro atoms. The highest BCUT2D eigenvalue weighted by Gasteiger charge is 2.46. The molecule has 5 unspecified atom stereocenters. The van der Waals surface area contributed by atoms with Gasteiger partial charge in [-0.05, 0) is 44.9 Å². The second-order valence-electron chi connectivity index (χ2n) is 9.13. The monoisotopic (exact) mass is 414 g/mol. The van der Waals surface area contributed by atoms with E-state index in [0.717, 1.165) is 38.9 Å². The van der Waals surface area contributed by atoms with Crippen molar-refractivity contribution in [1.82, 2.24) is 0 Å². The highest BCUT2D eigenvalue weighted by atomic mass is 17.0. The zero-order valence-corrected chi connectivity index (χ0v) is 17.3. The first-order valence-electron chi connectivity index (χ1n) is 11.2. The van der Waals surface area contributed by atoms with E-state index in [1.807, 2.05) is 0 Å². The molecule has 0 bridgehead atoms. The van der Waals surface area contributed by atoms with Gasteiger partial charge in [-0.15, -0.1) is 0 Å². The molecule has 5 aliphatic rings. The lowest BCUT2D eigenvalue weighted by molar-refractivity contribution is -0.538. The van der Waals surface area contributed by atoms with Crippen molar-refractivity contribution < 1.29 is 37.9 Å². The summed E-state index contributed by atoms with van der Waals surface area (Å²) in [4.78, 5) is 0. The number of epoxide rings is 1. The van der Waals surface area contributed by atoms with Crippen LogP contribution in [0.2, 0.25) is 0 Å². The maximum Gasteiger partial charge on any atom is 0.413 e. The van der Waals surface area contributed by atoms with E-state index in [1.165, 1.54) is 6.42 Å². The Morgan fingerprint density at radius 2 is 1.34 bits per heavy atom. The summed E-state index contributed by atoms with van der Waals surface area (Å²) in [5.74, 6) is 1.02. The highest BCUT2D eigenvalue weighted by Crippen LogP contribution is 2.39. The fraction of sp³-hybridized carbons (Fsp3) is 1.00. The number of hydrogen-bond donors (Lipinski definition) is 0. The Bertz CT molecular complexity index is 519. The molecule has 1 aliphatic carbocycles. The quantitative estimate of drug-likeness (QED) is 0.610. The Morgan fingerprint density at radius 1 is 0.724 bits per heavy atom. The van der Waals surface area contributed by atoms with E-state index in [-0.39, 0.29) is 12.2 Å². The van der Waals surface area contributed by atoms with Gasteiger partial charge >= 0.3 is 6.16 Å². The molecule has 166 valence electrons. The van der Waals surface area contributed by atoms with Crippen molar-refractivity contribution in [3.05, 3.63) is 0 Å². The molecule has 8 nitrogen and oxygen atoms in total. The normalized spacial score (nSPS) is 47.7. The first kappa shape index (κ1) is 20.6. The maximum atomic E-state index is 6.00. The summed E-state index contributed by atoms with van der Waals surface area (Å²) < 4.78 is 46.2. The molecule has 0 aromatic heterocycles. The topological polar surface area (TPSA) is 77.1 Å². The van der Waals surface area contributed by atoms with Crippen molar-refractivity contribution in [2.75, 3.05) is 46.2 Å². The second kappa shape index (κ2) is 9.04. The van der Waals surface area contributed by atoms with Crippen molar-refractivity contribution >= 4 is 0 Å². The Labute approximate surface area is 172 Å².